The molecule has 0 bridgehead atoms. The summed E-state index contributed by atoms with van der Waals surface area (Å²) in [5.74, 6) is 0.0590. The number of hydrogen-bond acceptors (Lipinski definition) is 4. The van der Waals surface area contributed by atoms with Gasteiger partial charge in [-0.1, -0.05) is 6.07 Å². The standard InChI is InChI=1S/C14H15F3N4/c1-3-21(10(2)11-5-4-7-18-9-11)13-19-8-6-12(20-13)14(15,16)17/h4-10H,3H2,1-2H3. The van der Waals surface area contributed by atoms with Gasteiger partial charge in [-0.25, -0.2) is 9.97 Å². The first-order valence-electron chi connectivity index (χ1n) is 6.50. The molecule has 2 aromatic rings. The zero-order valence-electron chi connectivity index (χ0n) is 11.7. The molecule has 0 fully saturated rings. The molecule has 1 unspecified atom stereocenters. The molecule has 2 rings (SSSR count). The summed E-state index contributed by atoms with van der Waals surface area (Å²) in [5, 5.41) is 0. The molecule has 0 aliphatic rings. The van der Waals surface area contributed by atoms with E-state index < -0.39 is 11.9 Å². The van der Waals surface area contributed by atoms with Gasteiger partial charge in [0.2, 0.25) is 5.95 Å². The normalized spacial score (nSPS) is 13.0. The summed E-state index contributed by atoms with van der Waals surface area (Å²) in [6.45, 7) is 4.21. The Kier molecular flexibility index (Phi) is 4.40. The number of alkyl halides is 3. The van der Waals surface area contributed by atoms with E-state index in [4.69, 9.17) is 0 Å². The third-order valence-corrected chi connectivity index (χ3v) is 3.17. The fraction of sp³-hybridized carbons (Fsp3) is 0.357. The van der Waals surface area contributed by atoms with Gasteiger partial charge in [0.15, 0.2) is 0 Å². The average molecular weight is 296 g/mol. The molecule has 0 spiro atoms. The molecule has 1 atom stereocenters. The molecule has 0 saturated heterocycles. The van der Waals surface area contributed by atoms with E-state index in [0.717, 1.165) is 17.8 Å². The molecule has 7 heteroatoms. The van der Waals surface area contributed by atoms with Gasteiger partial charge in [-0.3, -0.25) is 4.98 Å². The van der Waals surface area contributed by atoms with E-state index >= 15 is 0 Å². The summed E-state index contributed by atoms with van der Waals surface area (Å²) in [5.41, 5.74) is -0.0512. The molecular weight excluding hydrogens is 281 g/mol. The zero-order chi connectivity index (χ0) is 15.5. The van der Waals surface area contributed by atoms with E-state index in [-0.39, 0.29) is 12.0 Å². The first-order valence-corrected chi connectivity index (χ1v) is 6.50. The van der Waals surface area contributed by atoms with E-state index in [9.17, 15) is 13.2 Å². The van der Waals surface area contributed by atoms with Crippen molar-refractivity contribution in [2.45, 2.75) is 26.1 Å². The fourth-order valence-electron chi connectivity index (χ4n) is 2.04. The molecule has 21 heavy (non-hydrogen) atoms. The van der Waals surface area contributed by atoms with Crippen LogP contribution >= 0.6 is 0 Å². The summed E-state index contributed by atoms with van der Waals surface area (Å²) < 4.78 is 38.2. The number of aromatic nitrogens is 3. The van der Waals surface area contributed by atoms with E-state index in [0.29, 0.717) is 6.54 Å². The lowest BCUT2D eigenvalue weighted by Crippen LogP contribution is -2.29. The molecule has 4 nitrogen and oxygen atoms in total. The van der Waals surface area contributed by atoms with Crippen LogP contribution in [0, 0.1) is 0 Å². The van der Waals surface area contributed by atoms with E-state index in [1.54, 1.807) is 23.4 Å². The second-order valence-electron chi connectivity index (χ2n) is 4.49. The first kappa shape index (κ1) is 15.2. The van der Waals surface area contributed by atoms with Crippen molar-refractivity contribution in [2.75, 3.05) is 11.4 Å². The van der Waals surface area contributed by atoms with Crippen LogP contribution in [0.3, 0.4) is 0 Å². The molecule has 0 aliphatic carbocycles. The van der Waals surface area contributed by atoms with Crippen molar-refractivity contribution in [3.8, 4) is 0 Å². The predicted molar refractivity (Wildman–Crippen MR) is 72.7 cm³/mol. The van der Waals surface area contributed by atoms with Crippen LogP contribution in [0.25, 0.3) is 0 Å². The molecule has 2 aromatic heterocycles. The number of anilines is 1. The number of pyridine rings is 1. The minimum atomic E-state index is -4.48. The van der Waals surface area contributed by atoms with Gasteiger partial charge in [-0.2, -0.15) is 13.2 Å². The summed E-state index contributed by atoms with van der Waals surface area (Å²) >= 11 is 0. The SMILES string of the molecule is CCN(c1nccc(C(F)(F)F)n1)C(C)c1cccnc1. The molecule has 0 saturated carbocycles. The Bertz CT molecular complexity index is 586. The monoisotopic (exact) mass is 296 g/mol. The van der Waals surface area contributed by atoms with Crippen LogP contribution in [0.1, 0.15) is 31.1 Å². The Hall–Kier alpha value is -2.18. The van der Waals surface area contributed by atoms with Crippen LogP contribution in [0.15, 0.2) is 36.8 Å². The van der Waals surface area contributed by atoms with E-state index in [1.165, 1.54) is 0 Å². The second kappa shape index (κ2) is 6.07. The highest BCUT2D eigenvalue weighted by molar-refractivity contribution is 5.35. The van der Waals surface area contributed by atoms with E-state index in [2.05, 4.69) is 15.0 Å². The van der Waals surface area contributed by atoms with Gasteiger partial charge in [-0.15, -0.1) is 0 Å². The van der Waals surface area contributed by atoms with Crippen LogP contribution in [0.2, 0.25) is 0 Å². The van der Waals surface area contributed by atoms with Gasteiger partial charge < -0.3 is 4.90 Å². The van der Waals surface area contributed by atoms with Crippen molar-refractivity contribution < 1.29 is 13.2 Å². The number of nitrogens with zero attached hydrogens (tertiary/aromatic N) is 4. The Balaban J connectivity index is 2.34. The topological polar surface area (TPSA) is 41.9 Å². The van der Waals surface area contributed by atoms with Crippen molar-refractivity contribution in [1.82, 2.24) is 15.0 Å². The summed E-state index contributed by atoms with van der Waals surface area (Å²) in [6.07, 6.45) is -0.0212. The Labute approximate surface area is 120 Å². The summed E-state index contributed by atoms with van der Waals surface area (Å²) in [7, 11) is 0. The second-order valence-corrected chi connectivity index (χ2v) is 4.49. The zero-order valence-corrected chi connectivity index (χ0v) is 11.7. The van der Waals surface area contributed by atoms with Gasteiger partial charge in [0.1, 0.15) is 5.69 Å². The van der Waals surface area contributed by atoms with Crippen LogP contribution in [0.5, 0.6) is 0 Å². The van der Waals surface area contributed by atoms with Crippen LogP contribution < -0.4 is 4.90 Å². The Morgan fingerprint density at radius 1 is 1.24 bits per heavy atom. The Morgan fingerprint density at radius 3 is 2.57 bits per heavy atom. The molecule has 2 heterocycles. The molecule has 0 N–H and O–H groups in total. The van der Waals surface area contributed by atoms with Crippen LogP contribution in [0.4, 0.5) is 19.1 Å². The molecule has 0 aliphatic heterocycles. The molecule has 0 amide bonds. The molecule has 0 radical (unpaired) electrons. The highest BCUT2D eigenvalue weighted by atomic mass is 19.4. The quantitative estimate of drug-likeness (QED) is 0.866. The number of rotatable bonds is 4. The minimum absolute atomic E-state index is 0.0590. The van der Waals surface area contributed by atoms with Crippen LogP contribution in [-0.2, 0) is 6.18 Å². The Morgan fingerprint density at radius 2 is 2.00 bits per heavy atom. The summed E-state index contributed by atoms with van der Waals surface area (Å²) in [4.78, 5) is 13.3. The maximum atomic E-state index is 12.7. The smallest absolute Gasteiger partial charge is 0.334 e. The lowest BCUT2D eigenvalue weighted by atomic mass is 10.1. The molecule has 112 valence electrons. The largest absolute Gasteiger partial charge is 0.433 e. The highest BCUT2D eigenvalue weighted by Gasteiger charge is 2.33. The van der Waals surface area contributed by atoms with Crippen molar-refractivity contribution >= 4 is 5.95 Å². The van der Waals surface area contributed by atoms with Gasteiger partial charge in [-0.05, 0) is 31.5 Å². The van der Waals surface area contributed by atoms with E-state index in [1.807, 2.05) is 19.9 Å². The fourth-order valence-corrected chi connectivity index (χ4v) is 2.04. The average Bonchev–Trinajstić information content (AvgIpc) is 2.48. The van der Waals surface area contributed by atoms with Crippen molar-refractivity contribution in [1.29, 1.82) is 0 Å². The lowest BCUT2D eigenvalue weighted by Gasteiger charge is -2.28. The summed E-state index contributed by atoms with van der Waals surface area (Å²) in [6, 6.07) is 4.35. The minimum Gasteiger partial charge on any atom is -0.334 e. The van der Waals surface area contributed by atoms with Gasteiger partial charge in [0.25, 0.3) is 0 Å². The maximum absolute atomic E-state index is 12.7. The lowest BCUT2D eigenvalue weighted by molar-refractivity contribution is -0.141. The van der Waals surface area contributed by atoms with Crippen molar-refractivity contribution in [3.63, 3.8) is 0 Å². The van der Waals surface area contributed by atoms with Crippen molar-refractivity contribution in [2.24, 2.45) is 0 Å². The highest BCUT2D eigenvalue weighted by Crippen LogP contribution is 2.29. The van der Waals surface area contributed by atoms with Crippen molar-refractivity contribution in [3.05, 3.63) is 48.0 Å². The van der Waals surface area contributed by atoms with Gasteiger partial charge in [0, 0.05) is 25.1 Å². The predicted octanol–water partition coefficient (Wildman–Crippen LogP) is 3.48. The third-order valence-electron chi connectivity index (χ3n) is 3.17. The van der Waals surface area contributed by atoms with Gasteiger partial charge in [0.05, 0.1) is 6.04 Å². The third kappa shape index (κ3) is 3.48. The van der Waals surface area contributed by atoms with Gasteiger partial charge >= 0.3 is 6.18 Å². The first-order chi connectivity index (χ1) is 9.93. The molecule has 0 aromatic carbocycles. The maximum Gasteiger partial charge on any atom is 0.433 e. The number of hydrogen-bond donors (Lipinski definition) is 0. The van der Waals surface area contributed by atoms with Crippen LogP contribution in [-0.4, -0.2) is 21.5 Å². The molecular formula is C14H15F3N4. The number of halogens is 3.